The monoisotopic (exact) mass is 417 g/mol. The Bertz CT molecular complexity index is 1200. The summed E-state index contributed by atoms with van der Waals surface area (Å²) in [6, 6.07) is 15.5. The molecule has 0 unspecified atom stereocenters. The molecule has 7 heteroatoms. The van der Waals surface area contributed by atoms with E-state index in [2.05, 4.69) is 27.4 Å². The van der Waals surface area contributed by atoms with Crippen LogP contribution in [0.1, 0.15) is 18.1 Å². The van der Waals surface area contributed by atoms with Gasteiger partial charge in [-0.3, -0.25) is 4.79 Å². The number of nitrogens with one attached hydrogen (secondary N) is 1. The third-order valence-electron chi connectivity index (χ3n) is 4.91. The molecule has 2 aromatic heterocycles. The van der Waals surface area contributed by atoms with Crippen LogP contribution in [0.3, 0.4) is 0 Å². The molecule has 0 spiro atoms. The molecule has 0 aliphatic heterocycles. The number of hydrogen-bond acceptors (Lipinski definition) is 6. The number of hydrogen-bond donors (Lipinski definition) is 2. The smallest absolute Gasteiger partial charge is 0.307 e. The molecule has 0 amide bonds. The molecule has 0 atom stereocenters. The molecular formula is C24H23N3O4. The van der Waals surface area contributed by atoms with E-state index in [0.717, 1.165) is 41.0 Å². The first-order valence-electron chi connectivity index (χ1n) is 10.1. The summed E-state index contributed by atoms with van der Waals surface area (Å²) in [7, 11) is 0. The molecule has 2 N–H and O–H groups in total. The number of fused-ring (bicyclic) bond motifs is 1. The van der Waals surface area contributed by atoms with Gasteiger partial charge in [0.15, 0.2) is 0 Å². The fraction of sp³-hybridized carbons (Fsp3) is 0.208. The summed E-state index contributed by atoms with van der Waals surface area (Å²) in [5.41, 5.74) is 4.32. The van der Waals surface area contributed by atoms with E-state index in [9.17, 15) is 4.79 Å². The van der Waals surface area contributed by atoms with E-state index in [4.69, 9.17) is 14.3 Å². The van der Waals surface area contributed by atoms with Crippen molar-refractivity contribution in [2.24, 2.45) is 0 Å². The average Bonchev–Trinajstić information content (AvgIpc) is 3.23. The Morgan fingerprint density at radius 2 is 2.03 bits per heavy atom. The molecule has 4 aromatic rings. The number of carboxylic acids is 1. The van der Waals surface area contributed by atoms with E-state index in [0.29, 0.717) is 17.9 Å². The lowest BCUT2D eigenvalue weighted by atomic mass is 10.1. The number of furan rings is 1. The van der Waals surface area contributed by atoms with E-state index in [1.165, 1.54) is 11.9 Å². The van der Waals surface area contributed by atoms with Gasteiger partial charge in [0.25, 0.3) is 0 Å². The summed E-state index contributed by atoms with van der Waals surface area (Å²) in [6.45, 7) is 3.05. The van der Waals surface area contributed by atoms with Crippen LogP contribution in [0.5, 0.6) is 5.75 Å². The molecule has 7 nitrogen and oxygen atoms in total. The van der Waals surface area contributed by atoms with Crippen molar-refractivity contribution in [3.05, 3.63) is 72.2 Å². The largest absolute Gasteiger partial charge is 0.494 e. The van der Waals surface area contributed by atoms with Gasteiger partial charge in [-0.2, -0.15) is 0 Å². The summed E-state index contributed by atoms with van der Waals surface area (Å²) in [5.74, 6) is 0.390. The molecule has 0 bridgehead atoms. The Kier molecular flexibility index (Phi) is 6.12. The molecule has 0 saturated heterocycles. The van der Waals surface area contributed by atoms with Gasteiger partial charge >= 0.3 is 5.97 Å². The molecule has 158 valence electrons. The van der Waals surface area contributed by atoms with Gasteiger partial charge in [-0.05, 0) is 43.2 Å². The summed E-state index contributed by atoms with van der Waals surface area (Å²) < 4.78 is 11.0. The average molecular weight is 417 g/mol. The van der Waals surface area contributed by atoms with E-state index in [1.807, 2.05) is 37.3 Å². The van der Waals surface area contributed by atoms with Gasteiger partial charge < -0.3 is 19.6 Å². The quantitative estimate of drug-likeness (QED) is 0.412. The second kappa shape index (κ2) is 9.30. The summed E-state index contributed by atoms with van der Waals surface area (Å²) in [4.78, 5) is 19.8. The fourth-order valence-corrected chi connectivity index (χ4v) is 3.43. The van der Waals surface area contributed by atoms with Gasteiger partial charge in [-0.15, -0.1) is 0 Å². The van der Waals surface area contributed by atoms with Gasteiger partial charge in [0.05, 0.1) is 25.0 Å². The lowest BCUT2D eigenvalue weighted by Crippen LogP contribution is -2.07. The minimum Gasteiger partial charge on any atom is -0.494 e. The highest BCUT2D eigenvalue weighted by atomic mass is 16.5. The Morgan fingerprint density at radius 3 is 2.87 bits per heavy atom. The van der Waals surface area contributed by atoms with E-state index in [1.54, 1.807) is 12.3 Å². The Labute approximate surface area is 179 Å². The molecule has 0 fully saturated rings. The number of anilines is 1. The van der Waals surface area contributed by atoms with Crippen LogP contribution in [0.25, 0.3) is 22.2 Å². The molecule has 0 saturated carbocycles. The van der Waals surface area contributed by atoms with Crippen LogP contribution < -0.4 is 10.1 Å². The highest BCUT2D eigenvalue weighted by Crippen LogP contribution is 2.28. The van der Waals surface area contributed by atoms with Crippen LogP contribution in [-0.2, 0) is 17.6 Å². The molecule has 2 aromatic carbocycles. The number of nitrogens with zero attached hydrogens (tertiary/aromatic N) is 2. The second-order valence-electron chi connectivity index (χ2n) is 7.08. The minimum absolute atomic E-state index is 0.0865. The van der Waals surface area contributed by atoms with Crippen LogP contribution in [0.15, 0.2) is 65.5 Å². The second-order valence-corrected chi connectivity index (χ2v) is 7.08. The standard InChI is InChI=1S/C24H23N3O4/c1-2-30-22-12-17(4-5-18(22)13-24(28)29)20-14-23(27-15-26-20)25-9-7-16-3-6-21-19(11-16)8-10-31-21/h3-6,8,10-12,14-15H,2,7,9,13H2,1H3,(H,28,29)(H,25,26,27). The number of benzene rings is 2. The summed E-state index contributed by atoms with van der Waals surface area (Å²) in [5, 5.41) is 13.5. The highest BCUT2D eigenvalue weighted by molar-refractivity contribution is 5.77. The first-order valence-corrected chi connectivity index (χ1v) is 10.1. The van der Waals surface area contributed by atoms with Crippen molar-refractivity contribution in [3.63, 3.8) is 0 Å². The van der Waals surface area contributed by atoms with Gasteiger partial charge in [0.2, 0.25) is 0 Å². The normalized spacial score (nSPS) is 10.9. The fourth-order valence-electron chi connectivity index (χ4n) is 3.43. The lowest BCUT2D eigenvalue weighted by molar-refractivity contribution is -0.136. The van der Waals surface area contributed by atoms with Gasteiger partial charge in [-0.25, -0.2) is 9.97 Å². The van der Waals surface area contributed by atoms with E-state index in [-0.39, 0.29) is 6.42 Å². The predicted molar refractivity (Wildman–Crippen MR) is 118 cm³/mol. The van der Waals surface area contributed by atoms with Crippen molar-refractivity contribution in [2.75, 3.05) is 18.5 Å². The molecule has 0 aliphatic rings. The number of aliphatic carboxylic acids is 1. The topological polar surface area (TPSA) is 97.5 Å². The maximum absolute atomic E-state index is 11.1. The lowest BCUT2D eigenvalue weighted by Gasteiger charge is -2.12. The first-order chi connectivity index (χ1) is 15.1. The van der Waals surface area contributed by atoms with Gasteiger partial charge in [0.1, 0.15) is 23.5 Å². The Balaban J connectivity index is 1.46. The molecule has 31 heavy (non-hydrogen) atoms. The van der Waals surface area contributed by atoms with Gasteiger partial charge in [0, 0.05) is 29.1 Å². The zero-order valence-corrected chi connectivity index (χ0v) is 17.2. The van der Waals surface area contributed by atoms with Crippen LogP contribution >= 0.6 is 0 Å². The predicted octanol–water partition coefficient (Wildman–Crippen LogP) is 4.57. The van der Waals surface area contributed by atoms with Crippen LogP contribution in [0, 0.1) is 0 Å². The zero-order chi connectivity index (χ0) is 21.6. The van der Waals surface area contributed by atoms with E-state index < -0.39 is 5.97 Å². The summed E-state index contributed by atoms with van der Waals surface area (Å²) in [6.07, 6.45) is 3.97. The van der Waals surface area contributed by atoms with E-state index >= 15 is 0 Å². The van der Waals surface area contributed by atoms with Crippen molar-refractivity contribution < 1.29 is 19.1 Å². The minimum atomic E-state index is -0.894. The number of ether oxygens (including phenoxy) is 1. The Morgan fingerprint density at radius 1 is 1.13 bits per heavy atom. The van der Waals surface area contributed by atoms with Gasteiger partial charge in [-0.1, -0.05) is 18.2 Å². The number of aromatic nitrogens is 2. The number of rotatable bonds is 9. The maximum Gasteiger partial charge on any atom is 0.307 e. The van der Waals surface area contributed by atoms with Crippen molar-refractivity contribution in [3.8, 4) is 17.0 Å². The molecule has 0 radical (unpaired) electrons. The SMILES string of the molecule is CCOc1cc(-c2cc(NCCc3ccc4occc4c3)ncn2)ccc1CC(=O)O. The number of carboxylic acid groups (broad SMARTS) is 1. The molecular weight excluding hydrogens is 394 g/mol. The Hall–Kier alpha value is -3.87. The number of carbonyl (C=O) groups is 1. The van der Waals surface area contributed by atoms with Crippen molar-refractivity contribution in [1.82, 2.24) is 9.97 Å². The van der Waals surface area contributed by atoms with Crippen molar-refractivity contribution >= 4 is 22.8 Å². The molecule has 4 rings (SSSR count). The third-order valence-corrected chi connectivity index (χ3v) is 4.91. The zero-order valence-electron chi connectivity index (χ0n) is 17.2. The van der Waals surface area contributed by atoms with Crippen molar-refractivity contribution in [1.29, 1.82) is 0 Å². The van der Waals surface area contributed by atoms with Crippen LogP contribution in [-0.4, -0.2) is 34.2 Å². The molecule has 0 aliphatic carbocycles. The summed E-state index contributed by atoms with van der Waals surface area (Å²) >= 11 is 0. The first kappa shape index (κ1) is 20.4. The van der Waals surface area contributed by atoms with Crippen molar-refractivity contribution in [2.45, 2.75) is 19.8 Å². The molecule has 2 heterocycles. The highest BCUT2D eigenvalue weighted by Gasteiger charge is 2.11. The third kappa shape index (κ3) is 5.01. The van der Waals surface area contributed by atoms with Crippen LogP contribution in [0.4, 0.5) is 5.82 Å². The van der Waals surface area contributed by atoms with Crippen LogP contribution in [0.2, 0.25) is 0 Å². The maximum atomic E-state index is 11.1.